The summed E-state index contributed by atoms with van der Waals surface area (Å²) in [5.74, 6) is 0.564. The molecule has 1 saturated heterocycles. The number of nitrogens with zero attached hydrogens (tertiary/aromatic N) is 1. The summed E-state index contributed by atoms with van der Waals surface area (Å²) in [7, 11) is -2.21. The van der Waals surface area contributed by atoms with Crippen LogP contribution in [0, 0.1) is 13.8 Å². The fourth-order valence-corrected chi connectivity index (χ4v) is 4.61. The normalized spacial score (nSPS) is 14.9. The zero-order chi connectivity index (χ0) is 19.6. The lowest BCUT2D eigenvalue weighted by Crippen LogP contribution is -2.35. The van der Waals surface area contributed by atoms with Crippen LogP contribution >= 0.6 is 0 Å². The topological polar surface area (TPSA) is 75.7 Å². The third-order valence-electron chi connectivity index (χ3n) is 4.68. The van der Waals surface area contributed by atoms with E-state index in [4.69, 9.17) is 4.74 Å². The SMILES string of the molecule is COc1ccc(NS(=O)(=O)c2cc(C)ccc2C)cc1N1CCCCC1=O. The average molecular weight is 388 g/mol. The molecule has 0 bridgehead atoms. The van der Waals surface area contributed by atoms with Crippen LogP contribution in [0.5, 0.6) is 5.75 Å². The molecule has 7 heteroatoms. The van der Waals surface area contributed by atoms with Gasteiger partial charge in [0.2, 0.25) is 5.91 Å². The van der Waals surface area contributed by atoms with Crippen molar-refractivity contribution in [1.29, 1.82) is 0 Å². The Morgan fingerprint density at radius 1 is 1.07 bits per heavy atom. The van der Waals surface area contributed by atoms with Crippen molar-refractivity contribution in [2.75, 3.05) is 23.3 Å². The van der Waals surface area contributed by atoms with Crippen LogP contribution in [-0.2, 0) is 14.8 Å². The summed E-state index contributed by atoms with van der Waals surface area (Å²) in [4.78, 5) is 14.2. The lowest BCUT2D eigenvalue weighted by atomic mass is 10.1. The van der Waals surface area contributed by atoms with Crippen molar-refractivity contribution >= 4 is 27.3 Å². The fourth-order valence-electron chi connectivity index (χ4n) is 3.23. The van der Waals surface area contributed by atoms with E-state index < -0.39 is 10.0 Å². The number of carbonyl (C=O) groups is 1. The summed E-state index contributed by atoms with van der Waals surface area (Å²) < 4.78 is 33.7. The molecular weight excluding hydrogens is 364 g/mol. The van der Waals surface area contributed by atoms with Crippen LogP contribution in [0.2, 0.25) is 0 Å². The van der Waals surface area contributed by atoms with Gasteiger partial charge >= 0.3 is 0 Å². The van der Waals surface area contributed by atoms with Crippen molar-refractivity contribution < 1.29 is 17.9 Å². The Morgan fingerprint density at radius 2 is 1.85 bits per heavy atom. The van der Waals surface area contributed by atoms with E-state index in [1.165, 1.54) is 7.11 Å². The van der Waals surface area contributed by atoms with Crippen molar-refractivity contribution in [3.05, 3.63) is 47.5 Å². The molecule has 1 N–H and O–H groups in total. The van der Waals surface area contributed by atoms with Crippen molar-refractivity contribution in [2.45, 2.75) is 38.0 Å². The Bertz CT molecular complexity index is 970. The number of benzene rings is 2. The fraction of sp³-hybridized carbons (Fsp3) is 0.350. The number of hydrogen-bond donors (Lipinski definition) is 1. The van der Waals surface area contributed by atoms with E-state index >= 15 is 0 Å². The second-order valence-electron chi connectivity index (χ2n) is 6.76. The molecule has 27 heavy (non-hydrogen) atoms. The summed E-state index contributed by atoms with van der Waals surface area (Å²) in [5, 5.41) is 0. The van der Waals surface area contributed by atoms with E-state index in [0.29, 0.717) is 35.7 Å². The van der Waals surface area contributed by atoms with Crippen LogP contribution in [0.1, 0.15) is 30.4 Å². The van der Waals surface area contributed by atoms with Crippen LogP contribution in [-0.4, -0.2) is 28.0 Å². The molecule has 1 aliphatic heterocycles. The number of ether oxygens (including phenoxy) is 1. The summed E-state index contributed by atoms with van der Waals surface area (Å²) in [6, 6.07) is 10.3. The lowest BCUT2D eigenvalue weighted by Gasteiger charge is -2.28. The zero-order valence-electron chi connectivity index (χ0n) is 15.8. The van der Waals surface area contributed by atoms with Crippen molar-refractivity contribution in [3.8, 4) is 5.75 Å². The maximum absolute atomic E-state index is 12.9. The van der Waals surface area contributed by atoms with Gasteiger partial charge in [-0.1, -0.05) is 12.1 Å². The zero-order valence-corrected chi connectivity index (χ0v) is 16.6. The number of methoxy groups -OCH3 is 1. The van der Waals surface area contributed by atoms with Gasteiger partial charge in [-0.15, -0.1) is 0 Å². The molecule has 1 aliphatic rings. The van der Waals surface area contributed by atoms with E-state index in [-0.39, 0.29) is 10.8 Å². The van der Waals surface area contributed by atoms with Gasteiger partial charge in [-0.05, 0) is 62.1 Å². The predicted molar refractivity (Wildman–Crippen MR) is 106 cm³/mol. The Kier molecular flexibility index (Phi) is 5.41. The number of carbonyl (C=O) groups excluding carboxylic acids is 1. The van der Waals surface area contributed by atoms with E-state index in [0.717, 1.165) is 18.4 Å². The Hall–Kier alpha value is -2.54. The molecule has 2 aromatic rings. The molecule has 0 aromatic heterocycles. The van der Waals surface area contributed by atoms with Crippen LogP contribution in [0.15, 0.2) is 41.3 Å². The molecular formula is C20H24N2O4S. The molecule has 0 atom stereocenters. The summed E-state index contributed by atoms with van der Waals surface area (Å²) in [6.07, 6.45) is 2.27. The van der Waals surface area contributed by atoms with Crippen LogP contribution in [0.4, 0.5) is 11.4 Å². The van der Waals surface area contributed by atoms with Gasteiger partial charge in [0.05, 0.1) is 23.4 Å². The number of piperidine rings is 1. The number of hydrogen-bond acceptors (Lipinski definition) is 4. The number of amides is 1. The molecule has 6 nitrogen and oxygen atoms in total. The molecule has 0 saturated carbocycles. The first kappa shape index (κ1) is 19.2. The first-order valence-electron chi connectivity index (χ1n) is 8.90. The van der Waals surface area contributed by atoms with Gasteiger partial charge in [0.1, 0.15) is 5.75 Å². The van der Waals surface area contributed by atoms with Crippen molar-refractivity contribution in [1.82, 2.24) is 0 Å². The molecule has 0 aliphatic carbocycles. The maximum Gasteiger partial charge on any atom is 0.262 e. The first-order valence-corrected chi connectivity index (χ1v) is 10.4. The standard InChI is InChI=1S/C20H24N2O4S/c1-14-7-8-15(2)19(12-14)27(24,25)21-16-9-10-18(26-3)17(13-16)22-11-5-4-6-20(22)23/h7-10,12-13,21H,4-6,11H2,1-3H3. The molecule has 144 valence electrons. The second-order valence-corrected chi connectivity index (χ2v) is 8.41. The minimum absolute atomic E-state index is 0.0223. The van der Waals surface area contributed by atoms with E-state index in [9.17, 15) is 13.2 Å². The smallest absolute Gasteiger partial charge is 0.262 e. The molecule has 1 amide bonds. The van der Waals surface area contributed by atoms with E-state index in [1.54, 1.807) is 42.2 Å². The number of nitrogens with one attached hydrogen (secondary N) is 1. The van der Waals surface area contributed by atoms with Gasteiger partial charge in [0.25, 0.3) is 10.0 Å². The molecule has 1 heterocycles. The average Bonchev–Trinajstić information content (AvgIpc) is 2.63. The minimum atomic E-state index is -3.74. The van der Waals surface area contributed by atoms with E-state index in [1.807, 2.05) is 13.0 Å². The molecule has 3 rings (SSSR count). The molecule has 0 unspecified atom stereocenters. The Morgan fingerprint density at radius 3 is 2.56 bits per heavy atom. The van der Waals surface area contributed by atoms with E-state index in [2.05, 4.69) is 4.72 Å². The highest BCUT2D eigenvalue weighted by atomic mass is 32.2. The number of sulfonamides is 1. The number of anilines is 2. The van der Waals surface area contributed by atoms with Crippen LogP contribution in [0.3, 0.4) is 0 Å². The minimum Gasteiger partial charge on any atom is -0.495 e. The highest BCUT2D eigenvalue weighted by Crippen LogP contribution is 2.34. The molecule has 1 fully saturated rings. The summed E-state index contributed by atoms with van der Waals surface area (Å²) in [6.45, 7) is 4.22. The third-order valence-corrected chi connectivity index (χ3v) is 6.20. The van der Waals surface area contributed by atoms with Gasteiger partial charge < -0.3 is 9.64 Å². The van der Waals surface area contributed by atoms with Gasteiger partial charge in [-0.25, -0.2) is 8.42 Å². The van der Waals surface area contributed by atoms with Crippen molar-refractivity contribution in [3.63, 3.8) is 0 Å². The summed E-state index contributed by atoms with van der Waals surface area (Å²) in [5.41, 5.74) is 2.52. The quantitative estimate of drug-likeness (QED) is 0.849. The molecule has 0 radical (unpaired) electrons. The third kappa shape index (κ3) is 4.08. The second kappa shape index (κ2) is 7.60. The monoisotopic (exact) mass is 388 g/mol. The van der Waals surface area contributed by atoms with Gasteiger partial charge in [0.15, 0.2) is 0 Å². The van der Waals surface area contributed by atoms with Gasteiger partial charge in [0, 0.05) is 13.0 Å². The highest BCUT2D eigenvalue weighted by molar-refractivity contribution is 7.92. The van der Waals surface area contributed by atoms with Gasteiger partial charge in [-0.3, -0.25) is 9.52 Å². The Balaban J connectivity index is 1.96. The molecule has 2 aromatic carbocycles. The Labute approximate surface area is 160 Å². The molecule has 0 spiro atoms. The van der Waals surface area contributed by atoms with Crippen molar-refractivity contribution in [2.24, 2.45) is 0 Å². The van der Waals surface area contributed by atoms with Crippen LogP contribution in [0.25, 0.3) is 0 Å². The van der Waals surface area contributed by atoms with Crippen LogP contribution < -0.4 is 14.4 Å². The first-order chi connectivity index (χ1) is 12.8. The predicted octanol–water partition coefficient (Wildman–Crippen LogP) is 3.63. The lowest BCUT2D eigenvalue weighted by molar-refractivity contribution is -0.119. The van der Waals surface area contributed by atoms with Gasteiger partial charge in [-0.2, -0.15) is 0 Å². The number of rotatable bonds is 5. The number of aryl methyl sites for hydroxylation is 2. The maximum atomic E-state index is 12.9. The highest BCUT2D eigenvalue weighted by Gasteiger charge is 2.24. The summed E-state index contributed by atoms with van der Waals surface area (Å²) >= 11 is 0. The largest absolute Gasteiger partial charge is 0.495 e.